The molecule has 142 valence electrons. The first kappa shape index (κ1) is 17.6. The lowest BCUT2D eigenvalue weighted by atomic mass is 9.94. The van der Waals surface area contributed by atoms with Crippen LogP contribution in [0.2, 0.25) is 0 Å². The second-order valence-corrected chi connectivity index (χ2v) is 8.02. The Bertz CT molecular complexity index is 655. The van der Waals surface area contributed by atoms with E-state index in [0.29, 0.717) is 18.1 Å². The summed E-state index contributed by atoms with van der Waals surface area (Å²) in [5.41, 5.74) is 1.65. The van der Waals surface area contributed by atoms with E-state index in [1.165, 1.54) is 19.3 Å². The van der Waals surface area contributed by atoms with Gasteiger partial charge in [-0.25, -0.2) is 4.98 Å². The molecule has 0 bridgehead atoms. The average Bonchev–Trinajstić information content (AvgIpc) is 2.92. The molecule has 2 amide bonds. The lowest BCUT2D eigenvalue weighted by Crippen LogP contribution is -2.42. The number of hydrogen-bond acceptors (Lipinski definition) is 3. The van der Waals surface area contributed by atoms with Gasteiger partial charge in [0.2, 0.25) is 5.91 Å². The fourth-order valence-electron chi connectivity index (χ4n) is 4.64. The van der Waals surface area contributed by atoms with Crippen LogP contribution in [0.3, 0.4) is 0 Å². The maximum atomic E-state index is 12.9. The van der Waals surface area contributed by atoms with Crippen molar-refractivity contribution in [1.29, 1.82) is 0 Å². The molecule has 0 N–H and O–H groups in total. The van der Waals surface area contributed by atoms with Crippen molar-refractivity contribution >= 4 is 11.8 Å². The molecule has 6 heteroatoms. The van der Waals surface area contributed by atoms with Gasteiger partial charge in [-0.2, -0.15) is 0 Å². The number of amides is 2. The normalized spacial score (nSPS) is 24.1. The molecule has 4 heterocycles. The molecule has 0 aromatic carbocycles. The summed E-state index contributed by atoms with van der Waals surface area (Å²) in [6, 6.07) is 0. The molecule has 0 aliphatic carbocycles. The van der Waals surface area contributed by atoms with Gasteiger partial charge >= 0.3 is 0 Å². The maximum Gasteiger partial charge on any atom is 0.274 e. The largest absolute Gasteiger partial charge is 0.342 e. The average molecular weight is 358 g/mol. The Morgan fingerprint density at radius 1 is 0.885 bits per heavy atom. The topological polar surface area (TPSA) is 58.4 Å². The molecule has 1 unspecified atom stereocenters. The zero-order valence-corrected chi connectivity index (χ0v) is 15.7. The predicted molar refractivity (Wildman–Crippen MR) is 98.8 cm³/mol. The number of aromatic nitrogens is 2. The Kier molecular flexibility index (Phi) is 5.27. The zero-order chi connectivity index (χ0) is 17.9. The lowest BCUT2D eigenvalue weighted by molar-refractivity contribution is -0.137. The molecule has 3 aliphatic rings. The number of nitrogens with zero attached hydrogens (tertiary/aromatic N) is 4. The van der Waals surface area contributed by atoms with Crippen molar-refractivity contribution in [3.8, 4) is 0 Å². The molecule has 0 spiro atoms. The minimum absolute atomic E-state index is 0.0379. The number of fused-ring (bicyclic) bond motifs is 1. The standard InChI is InChI=1S/C20H30N4O2/c25-19(22-10-6-3-7-11-22)16-8-9-17-18(21-15-24(17)14-16)20(26)23-12-4-1-2-5-13-23/h15-16H,1-14H2. The van der Waals surface area contributed by atoms with Crippen molar-refractivity contribution in [2.45, 2.75) is 64.3 Å². The van der Waals surface area contributed by atoms with Crippen LogP contribution in [-0.2, 0) is 17.8 Å². The molecule has 1 aromatic heterocycles. The SMILES string of the molecule is O=C(c1ncn2c1CCC(C(=O)N1CCCCC1)C2)N1CCCCCC1. The number of piperidine rings is 1. The summed E-state index contributed by atoms with van der Waals surface area (Å²) in [6.07, 6.45) is 11.5. The number of carbonyl (C=O) groups excluding carboxylic acids is 2. The van der Waals surface area contributed by atoms with Crippen molar-refractivity contribution in [2.24, 2.45) is 5.92 Å². The molecule has 2 fully saturated rings. The molecule has 0 saturated carbocycles. The van der Waals surface area contributed by atoms with E-state index in [4.69, 9.17) is 0 Å². The smallest absolute Gasteiger partial charge is 0.274 e. The maximum absolute atomic E-state index is 12.9. The Labute approximate surface area is 155 Å². The summed E-state index contributed by atoms with van der Waals surface area (Å²) >= 11 is 0. The number of imidazole rings is 1. The lowest BCUT2D eigenvalue weighted by Gasteiger charge is -2.32. The van der Waals surface area contributed by atoms with Crippen LogP contribution in [0.4, 0.5) is 0 Å². The third-order valence-electron chi connectivity index (χ3n) is 6.21. The van der Waals surface area contributed by atoms with Crippen molar-refractivity contribution in [2.75, 3.05) is 26.2 Å². The summed E-state index contributed by atoms with van der Waals surface area (Å²) in [4.78, 5) is 34.2. The van der Waals surface area contributed by atoms with Crippen LogP contribution in [0.5, 0.6) is 0 Å². The van der Waals surface area contributed by atoms with Crippen LogP contribution in [0.15, 0.2) is 6.33 Å². The summed E-state index contributed by atoms with van der Waals surface area (Å²) in [5.74, 6) is 0.418. The van der Waals surface area contributed by atoms with Crippen LogP contribution in [0.1, 0.15) is 67.5 Å². The second kappa shape index (κ2) is 7.80. The molecule has 26 heavy (non-hydrogen) atoms. The van der Waals surface area contributed by atoms with Gasteiger partial charge < -0.3 is 14.4 Å². The molecule has 2 saturated heterocycles. The van der Waals surface area contributed by atoms with Gasteiger partial charge in [0.25, 0.3) is 5.91 Å². The first-order chi connectivity index (χ1) is 12.7. The highest BCUT2D eigenvalue weighted by Gasteiger charge is 2.32. The van der Waals surface area contributed by atoms with E-state index in [0.717, 1.165) is 70.4 Å². The molecule has 6 nitrogen and oxygen atoms in total. The third kappa shape index (κ3) is 3.51. The van der Waals surface area contributed by atoms with Crippen LogP contribution < -0.4 is 0 Å². The fourth-order valence-corrected chi connectivity index (χ4v) is 4.64. The number of rotatable bonds is 2. The highest BCUT2D eigenvalue weighted by atomic mass is 16.2. The molecule has 1 atom stereocenters. The Hall–Kier alpha value is -1.85. The van der Waals surface area contributed by atoms with E-state index >= 15 is 0 Å². The van der Waals surface area contributed by atoms with Gasteiger partial charge in [0.15, 0.2) is 0 Å². The van der Waals surface area contributed by atoms with E-state index < -0.39 is 0 Å². The molecule has 4 rings (SSSR count). The van der Waals surface area contributed by atoms with Crippen molar-refractivity contribution in [1.82, 2.24) is 19.4 Å². The quantitative estimate of drug-likeness (QED) is 0.816. The van der Waals surface area contributed by atoms with E-state index in [-0.39, 0.29) is 11.8 Å². The van der Waals surface area contributed by atoms with Crippen molar-refractivity contribution < 1.29 is 9.59 Å². The highest BCUT2D eigenvalue weighted by Crippen LogP contribution is 2.26. The number of likely N-dealkylation sites (tertiary alicyclic amines) is 2. The Balaban J connectivity index is 1.44. The minimum Gasteiger partial charge on any atom is -0.342 e. The summed E-state index contributed by atoms with van der Waals surface area (Å²) in [6.45, 7) is 4.18. The van der Waals surface area contributed by atoms with Gasteiger partial charge in [-0.1, -0.05) is 12.8 Å². The summed E-state index contributed by atoms with van der Waals surface area (Å²) < 4.78 is 2.06. The summed E-state index contributed by atoms with van der Waals surface area (Å²) in [5, 5.41) is 0. The first-order valence-electron chi connectivity index (χ1n) is 10.4. The Morgan fingerprint density at radius 2 is 1.50 bits per heavy atom. The van der Waals surface area contributed by atoms with Gasteiger partial charge in [0.1, 0.15) is 5.69 Å². The van der Waals surface area contributed by atoms with Crippen LogP contribution in [0.25, 0.3) is 0 Å². The van der Waals surface area contributed by atoms with Gasteiger partial charge in [0, 0.05) is 32.7 Å². The van der Waals surface area contributed by atoms with E-state index in [1.807, 2.05) is 9.80 Å². The van der Waals surface area contributed by atoms with Gasteiger partial charge in [-0.05, 0) is 44.9 Å². The minimum atomic E-state index is 0.0379. The molecule has 0 radical (unpaired) electrons. The highest BCUT2D eigenvalue weighted by molar-refractivity contribution is 5.93. The van der Waals surface area contributed by atoms with E-state index in [1.54, 1.807) is 6.33 Å². The number of carbonyl (C=O) groups is 2. The van der Waals surface area contributed by atoms with Gasteiger partial charge in [-0.3, -0.25) is 9.59 Å². The second-order valence-electron chi connectivity index (χ2n) is 8.02. The van der Waals surface area contributed by atoms with Crippen molar-refractivity contribution in [3.63, 3.8) is 0 Å². The molecular weight excluding hydrogens is 328 g/mol. The van der Waals surface area contributed by atoms with Gasteiger partial charge in [0.05, 0.1) is 17.9 Å². The third-order valence-corrected chi connectivity index (χ3v) is 6.21. The van der Waals surface area contributed by atoms with E-state index in [2.05, 4.69) is 9.55 Å². The summed E-state index contributed by atoms with van der Waals surface area (Å²) in [7, 11) is 0. The zero-order valence-electron chi connectivity index (χ0n) is 15.7. The predicted octanol–water partition coefficient (Wildman–Crippen LogP) is 2.47. The van der Waals surface area contributed by atoms with Crippen molar-refractivity contribution in [3.05, 3.63) is 17.7 Å². The Morgan fingerprint density at radius 3 is 2.19 bits per heavy atom. The van der Waals surface area contributed by atoms with Crippen LogP contribution in [-0.4, -0.2) is 57.3 Å². The molecular formula is C20H30N4O2. The number of hydrogen-bond donors (Lipinski definition) is 0. The monoisotopic (exact) mass is 358 g/mol. The van der Waals surface area contributed by atoms with E-state index in [9.17, 15) is 9.59 Å². The fraction of sp³-hybridized carbons (Fsp3) is 0.750. The molecule has 1 aromatic rings. The van der Waals surface area contributed by atoms with Crippen LogP contribution in [0, 0.1) is 5.92 Å². The first-order valence-corrected chi connectivity index (χ1v) is 10.4. The molecule has 3 aliphatic heterocycles. The van der Waals surface area contributed by atoms with Crippen LogP contribution >= 0.6 is 0 Å². The van der Waals surface area contributed by atoms with Gasteiger partial charge in [-0.15, -0.1) is 0 Å².